The van der Waals surface area contributed by atoms with Crippen molar-refractivity contribution in [2.24, 2.45) is 5.92 Å². The fraction of sp³-hybridized carbons (Fsp3) is 0.545. The first-order valence-corrected chi connectivity index (χ1v) is 14.8. The summed E-state index contributed by atoms with van der Waals surface area (Å²) in [5.41, 5.74) is 5.11. The number of nitrogen functional groups attached to an aromatic ring is 1. The molecule has 2 saturated heterocycles. The molecule has 20 heteroatoms. The second-order valence-electron chi connectivity index (χ2n) is 9.96. The van der Waals surface area contributed by atoms with Crippen molar-refractivity contribution in [3.8, 4) is 0 Å². The number of H-pyrrole nitrogens is 2. The van der Waals surface area contributed by atoms with Gasteiger partial charge in [-0.2, -0.15) is 4.98 Å². The molecule has 6 rings (SSSR count). The number of nitrogens with zero attached hydrogens (tertiary/aromatic N) is 6. The maximum Gasteiger partial charge on any atom is 0.280 e. The van der Waals surface area contributed by atoms with E-state index in [4.69, 9.17) is 19.7 Å². The number of aromatic nitrogens is 8. The van der Waals surface area contributed by atoms with Crippen molar-refractivity contribution in [3.63, 3.8) is 0 Å². The van der Waals surface area contributed by atoms with Crippen LogP contribution in [0.4, 0.5) is 10.3 Å². The zero-order valence-electron chi connectivity index (χ0n) is 21.7. The molecule has 3 unspecified atom stereocenters. The Morgan fingerprint density at radius 2 is 1.81 bits per heavy atom. The fourth-order valence-electron chi connectivity index (χ4n) is 5.51. The molecule has 0 radical (unpaired) electrons. The number of nitrogens with two attached hydrogens (primary N) is 1. The molecule has 0 aliphatic carbocycles. The maximum atomic E-state index is 15.8. The number of aliphatic hydroxyl groups is 1. The van der Waals surface area contributed by atoms with Crippen LogP contribution in [0.15, 0.2) is 28.6 Å². The van der Waals surface area contributed by atoms with Crippen molar-refractivity contribution in [1.82, 2.24) is 39.0 Å². The van der Waals surface area contributed by atoms with Crippen LogP contribution in [0.3, 0.4) is 0 Å². The standard InChI is InChI=1S/C22H28FN9O8P2/c23-11-8(9(3-37-41)38-20(11)31-6-27-12-16(31)25-5-26-18(12)34)1-2-42-4-10-14(33)15(40-36)21(39-10)32-7-28-13-17(32)29-22(24)30-19(13)35/h5-11,14-15,20-21,33,36,42H,1-4,41H2,(H,25,26,34)(H3,24,29,30,35)/t8-,9-,10?,11+,14-,15-,20-,21-/m1/s1. The van der Waals surface area contributed by atoms with Gasteiger partial charge in [0.1, 0.15) is 6.10 Å². The van der Waals surface area contributed by atoms with E-state index in [1.54, 1.807) is 0 Å². The lowest BCUT2D eigenvalue weighted by atomic mass is 9.96. The minimum atomic E-state index is -1.43. The Hall–Kier alpha value is -2.95. The highest BCUT2D eigenvalue weighted by Gasteiger charge is 2.48. The molecule has 6 N–H and O–H groups in total. The number of ether oxygens (including phenoxy) is 2. The molecule has 4 aromatic rings. The number of aromatic amines is 2. The molecule has 2 aliphatic rings. The topological polar surface area (TPSA) is 231 Å². The lowest BCUT2D eigenvalue weighted by molar-refractivity contribution is -0.304. The van der Waals surface area contributed by atoms with Crippen molar-refractivity contribution < 1.29 is 33.6 Å². The molecule has 6 heterocycles. The van der Waals surface area contributed by atoms with E-state index in [1.807, 2.05) is 0 Å². The van der Waals surface area contributed by atoms with Gasteiger partial charge in [-0.05, 0) is 18.7 Å². The van der Waals surface area contributed by atoms with Crippen LogP contribution in [0.2, 0.25) is 0 Å². The monoisotopic (exact) mass is 627 g/mol. The minimum absolute atomic E-state index is 0.0115. The molecule has 17 nitrogen and oxygen atoms in total. The van der Waals surface area contributed by atoms with Gasteiger partial charge in [-0.3, -0.25) is 29.0 Å². The van der Waals surface area contributed by atoms with Crippen molar-refractivity contribution in [2.75, 3.05) is 24.7 Å². The van der Waals surface area contributed by atoms with Crippen LogP contribution in [0.1, 0.15) is 18.9 Å². The Morgan fingerprint density at radius 3 is 2.55 bits per heavy atom. The smallest absolute Gasteiger partial charge is 0.280 e. The van der Waals surface area contributed by atoms with Gasteiger partial charge < -0.3 is 29.8 Å². The van der Waals surface area contributed by atoms with Gasteiger partial charge in [0, 0.05) is 15.4 Å². The molecule has 0 aromatic carbocycles. The van der Waals surface area contributed by atoms with E-state index in [1.165, 1.54) is 28.1 Å². The summed E-state index contributed by atoms with van der Waals surface area (Å²) < 4.78 is 35.8. The first-order valence-electron chi connectivity index (χ1n) is 12.9. The number of nitrogens with one attached hydrogen (secondary N) is 2. The molecule has 4 aromatic heterocycles. The molecule has 10 atom stereocenters. The highest BCUT2D eigenvalue weighted by molar-refractivity contribution is 7.38. The summed E-state index contributed by atoms with van der Waals surface area (Å²) in [5, 5.41) is 20.3. The third-order valence-electron chi connectivity index (χ3n) is 7.53. The molecular weight excluding hydrogens is 599 g/mol. The highest BCUT2D eigenvalue weighted by Crippen LogP contribution is 2.41. The molecular formula is C22H28FN9O8P2. The molecule has 226 valence electrons. The number of rotatable bonds is 10. The Labute approximate surface area is 239 Å². The summed E-state index contributed by atoms with van der Waals surface area (Å²) in [5.74, 6) is -0.654. The van der Waals surface area contributed by atoms with E-state index in [2.05, 4.69) is 44.3 Å². The average molecular weight is 627 g/mol. The normalized spacial score (nSPS) is 30.0. The first kappa shape index (κ1) is 29.1. The van der Waals surface area contributed by atoms with Crippen LogP contribution in [-0.2, 0) is 18.9 Å². The number of anilines is 1. The lowest BCUT2D eigenvalue weighted by Crippen LogP contribution is -2.34. The summed E-state index contributed by atoms with van der Waals surface area (Å²) >= 11 is 0. The Bertz CT molecular complexity index is 1680. The van der Waals surface area contributed by atoms with Gasteiger partial charge in [0.05, 0.1) is 37.8 Å². The summed E-state index contributed by atoms with van der Waals surface area (Å²) in [4.78, 5) is 49.8. The van der Waals surface area contributed by atoms with E-state index in [0.29, 0.717) is 18.7 Å². The number of aliphatic hydroxyl groups excluding tert-OH is 1. The Kier molecular flexibility index (Phi) is 8.31. The van der Waals surface area contributed by atoms with Crippen LogP contribution in [0.5, 0.6) is 0 Å². The van der Waals surface area contributed by atoms with Crippen LogP contribution in [0.25, 0.3) is 22.3 Å². The van der Waals surface area contributed by atoms with E-state index in [0.717, 1.165) is 0 Å². The summed E-state index contributed by atoms with van der Waals surface area (Å²) in [7, 11) is 2.39. The second-order valence-corrected chi connectivity index (χ2v) is 11.7. The maximum absolute atomic E-state index is 15.8. The number of halogens is 1. The quantitative estimate of drug-likeness (QED) is 0.0658. The van der Waals surface area contributed by atoms with Crippen molar-refractivity contribution in [3.05, 3.63) is 39.7 Å². The third kappa shape index (κ3) is 5.11. The number of hydrogen-bond donors (Lipinski definition) is 5. The number of hydrogen-bond acceptors (Lipinski definition) is 13. The van der Waals surface area contributed by atoms with Gasteiger partial charge in [-0.15, -0.1) is 8.58 Å². The predicted octanol–water partition coefficient (Wildman–Crippen LogP) is -0.322. The molecule has 0 bridgehead atoms. The second kappa shape index (κ2) is 12.0. The fourth-order valence-corrected chi connectivity index (χ4v) is 7.06. The molecule has 2 aliphatic heterocycles. The van der Waals surface area contributed by atoms with Crippen LogP contribution in [-0.4, -0.2) is 98.9 Å². The number of fused-ring (bicyclic) bond motifs is 2. The third-order valence-corrected chi connectivity index (χ3v) is 9.06. The van der Waals surface area contributed by atoms with Crippen molar-refractivity contribution >= 4 is 46.3 Å². The van der Waals surface area contributed by atoms with Gasteiger partial charge in [0.2, 0.25) is 5.95 Å². The van der Waals surface area contributed by atoms with E-state index < -0.39 is 60.1 Å². The predicted molar refractivity (Wildman–Crippen MR) is 149 cm³/mol. The van der Waals surface area contributed by atoms with E-state index in [-0.39, 0.29) is 43.5 Å². The van der Waals surface area contributed by atoms with Crippen LogP contribution < -0.4 is 16.9 Å². The van der Waals surface area contributed by atoms with Gasteiger partial charge in [-0.25, -0.2) is 24.2 Å². The Morgan fingerprint density at radius 1 is 1.10 bits per heavy atom. The minimum Gasteiger partial charge on any atom is -0.387 e. The average Bonchev–Trinajstić information content (AvgIpc) is 3.72. The van der Waals surface area contributed by atoms with Crippen molar-refractivity contribution in [2.45, 2.75) is 49.5 Å². The van der Waals surface area contributed by atoms with Crippen LogP contribution in [0, 0.1) is 5.92 Å². The molecule has 42 heavy (non-hydrogen) atoms. The lowest BCUT2D eigenvalue weighted by Gasteiger charge is -2.19. The van der Waals surface area contributed by atoms with Gasteiger partial charge in [0.25, 0.3) is 11.1 Å². The first-order chi connectivity index (χ1) is 20.3. The Balaban J connectivity index is 1.11. The van der Waals surface area contributed by atoms with Gasteiger partial charge in [-0.1, -0.05) is 0 Å². The van der Waals surface area contributed by atoms with Crippen LogP contribution >= 0.6 is 18.0 Å². The van der Waals surface area contributed by atoms with Crippen molar-refractivity contribution in [1.29, 1.82) is 0 Å². The van der Waals surface area contributed by atoms with E-state index >= 15 is 4.39 Å². The van der Waals surface area contributed by atoms with E-state index in [9.17, 15) is 20.0 Å². The zero-order chi connectivity index (χ0) is 29.5. The number of imidazole rings is 2. The molecule has 2 fully saturated rings. The SMILES string of the molecule is Nc1nc2c(ncn2[C@@H]2OC(CPCC[C@H]3[C@H](F)[C@H](n4cnc5c(=O)[nH]cnc54)O[C@@H]3COP)[C@@H](O)[C@H]2OO)c(=O)[nH]1. The van der Waals surface area contributed by atoms with Gasteiger partial charge >= 0.3 is 0 Å². The largest absolute Gasteiger partial charge is 0.387 e. The zero-order valence-corrected chi connectivity index (χ0v) is 23.9. The highest BCUT2D eigenvalue weighted by atomic mass is 31.1. The number of alkyl halides is 1. The van der Waals surface area contributed by atoms with Gasteiger partial charge in [0.15, 0.2) is 47.1 Å². The molecule has 0 spiro atoms. The summed E-state index contributed by atoms with van der Waals surface area (Å²) in [6.45, 7) is 0.137. The summed E-state index contributed by atoms with van der Waals surface area (Å²) in [6, 6.07) is 0. The summed E-state index contributed by atoms with van der Waals surface area (Å²) in [6.07, 6.45) is -1.92. The molecule has 0 saturated carbocycles. The molecule has 0 amide bonds.